The van der Waals surface area contributed by atoms with Crippen LogP contribution in [0.5, 0.6) is 5.75 Å². The van der Waals surface area contributed by atoms with E-state index in [1.807, 2.05) is 32.0 Å². The molecule has 0 saturated carbocycles. The Bertz CT molecular complexity index is 553. The van der Waals surface area contributed by atoms with E-state index >= 15 is 0 Å². The first-order valence-corrected chi connectivity index (χ1v) is 7.28. The highest BCUT2D eigenvalue weighted by Crippen LogP contribution is 2.23. The molecule has 0 spiro atoms. The first-order valence-electron chi connectivity index (χ1n) is 6.30. The zero-order chi connectivity index (χ0) is 14.5. The van der Waals surface area contributed by atoms with Crippen LogP contribution in [0.1, 0.15) is 11.1 Å². The number of benzene rings is 1. The Labute approximate surface area is 122 Å². The van der Waals surface area contributed by atoms with Crippen molar-refractivity contribution in [2.75, 3.05) is 12.4 Å². The quantitative estimate of drug-likeness (QED) is 0.811. The summed E-state index contributed by atoms with van der Waals surface area (Å²) in [4.78, 5) is 0. The Kier molecular flexibility index (Phi) is 4.97. The monoisotopic (exact) mass is 294 g/mol. The molecule has 0 saturated heterocycles. The molecule has 0 aliphatic rings. The van der Waals surface area contributed by atoms with Gasteiger partial charge in [0.15, 0.2) is 0 Å². The number of ether oxygens (including phenoxy) is 1. The van der Waals surface area contributed by atoms with Crippen LogP contribution in [0.4, 0.5) is 0 Å². The van der Waals surface area contributed by atoms with Gasteiger partial charge >= 0.3 is 0 Å². The molecule has 0 bridgehead atoms. The average molecular weight is 294 g/mol. The summed E-state index contributed by atoms with van der Waals surface area (Å²) < 4.78 is 7.28. The molecule has 1 N–H and O–H groups in total. The van der Waals surface area contributed by atoms with Gasteiger partial charge in [-0.2, -0.15) is 0 Å². The molecule has 2 aromatic rings. The Balaban J connectivity index is 1.83. The molecule has 20 heavy (non-hydrogen) atoms. The highest BCUT2D eigenvalue weighted by atomic mass is 32.2. The van der Waals surface area contributed by atoms with E-state index in [0.717, 1.165) is 16.9 Å². The molecule has 0 aliphatic heterocycles. The number of thioether (sulfide) groups is 1. The van der Waals surface area contributed by atoms with Crippen LogP contribution in [0.25, 0.3) is 0 Å². The van der Waals surface area contributed by atoms with Crippen molar-refractivity contribution >= 4 is 11.8 Å². The van der Waals surface area contributed by atoms with E-state index in [0.29, 0.717) is 10.9 Å². The van der Waals surface area contributed by atoms with Crippen LogP contribution in [-0.4, -0.2) is 43.8 Å². The second-order valence-corrected chi connectivity index (χ2v) is 5.57. The van der Waals surface area contributed by atoms with Crippen molar-refractivity contribution in [1.82, 2.24) is 20.2 Å². The third-order valence-corrected chi connectivity index (χ3v) is 3.97. The minimum Gasteiger partial charge on any atom is -0.490 e. The van der Waals surface area contributed by atoms with Gasteiger partial charge in [-0.15, -0.1) is 5.10 Å². The maximum absolute atomic E-state index is 9.96. The predicted octanol–water partition coefficient (Wildman–Crippen LogP) is 1.36. The van der Waals surface area contributed by atoms with Crippen LogP contribution in [-0.2, 0) is 7.05 Å². The lowest BCUT2D eigenvalue weighted by Gasteiger charge is -2.15. The van der Waals surface area contributed by atoms with Crippen molar-refractivity contribution in [3.63, 3.8) is 0 Å². The highest BCUT2D eigenvalue weighted by Gasteiger charge is 2.11. The van der Waals surface area contributed by atoms with Crippen LogP contribution >= 0.6 is 11.8 Å². The molecule has 108 valence electrons. The van der Waals surface area contributed by atoms with Gasteiger partial charge in [-0.05, 0) is 35.4 Å². The standard InChI is InChI=1S/C13H18N4O2S/c1-9-5-4-6-10(2)12(9)19-7-11(18)8-20-13-14-15-16-17(13)3/h4-6,11,18H,7-8H2,1-3H3/t11-/m0/s1. The fourth-order valence-corrected chi connectivity index (χ4v) is 2.52. The second-order valence-electron chi connectivity index (χ2n) is 4.58. The third-order valence-electron chi connectivity index (χ3n) is 2.81. The number of para-hydroxylation sites is 1. The van der Waals surface area contributed by atoms with Crippen molar-refractivity contribution < 1.29 is 9.84 Å². The lowest BCUT2D eigenvalue weighted by molar-refractivity contribution is 0.125. The van der Waals surface area contributed by atoms with E-state index in [1.54, 1.807) is 11.7 Å². The molecule has 0 aliphatic carbocycles. The van der Waals surface area contributed by atoms with E-state index in [-0.39, 0.29) is 6.61 Å². The molecular weight excluding hydrogens is 276 g/mol. The highest BCUT2D eigenvalue weighted by molar-refractivity contribution is 7.99. The summed E-state index contributed by atoms with van der Waals surface area (Å²) in [6.07, 6.45) is -0.573. The number of hydrogen-bond donors (Lipinski definition) is 1. The number of aryl methyl sites for hydroxylation is 3. The third kappa shape index (κ3) is 3.71. The second kappa shape index (κ2) is 6.71. The van der Waals surface area contributed by atoms with Crippen LogP contribution < -0.4 is 4.74 Å². The normalized spacial score (nSPS) is 12.4. The Morgan fingerprint density at radius 3 is 2.65 bits per heavy atom. The Hall–Kier alpha value is -1.60. The van der Waals surface area contributed by atoms with Gasteiger partial charge in [-0.1, -0.05) is 30.0 Å². The number of rotatable bonds is 6. The van der Waals surface area contributed by atoms with Crippen molar-refractivity contribution in [2.45, 2.75) is 25.1 Å². The molecule has 1 aromatic carbocycles. The molecule has 1 atom stereocenters. The SMILES string of the molecule is Cc1cccc(C)c1OC[C@H](O)CSc1nnnn1C. The number of aliphatic hydroxyl groups excluding tert-OH is 1. The first-order chi connectivity index (χ1) is 9.58. The maximum atomic E-state index is 9.96. The predicted molar refractivity (Wildman–Crippen MR) is 76.9 cm³/mol. The van der Waals surface area contributed by atoms with Gasteiger partial charge in [0.05, 0.1) is 6.10 Å². The molecule has 1 aromatic heterocycles. The molecule has 0 unspecified atom stereocenters. The average Bonchev–Trinajstić information content (AvgIpc) is 2.81. The van der Waals surface area contributed by atoms with Crippen LogP contribution in [0.2, 0.25) is 0 Å². The van der Waals surface area contributed by atoms with E-state index in [1.165, 1.54) is 11.8 Å². The number of aromatic nitrogens is 4. The molecular formula is C13H18N4O2S. The Morgan fingerprint density at radius 1 is 1.35 bits per heavy atom. The number of hydrogen-bond acceptors (Lipinski definition) is 6. The summed E-state index contributed by atoms with van der Waals surface area (Å²) in [5.41, 5.74) is 2.14. The van der Waals surface area contributed by atoms with Crippen molar-refractivity contribution in [3.8, 4) is 5.75 Å². The largest absolute Gasteiger partial charge is 0.490 e. The lowest BCUT2D eigenvalue weighted by atomic mass is 10.1. The van der Waals surface area contributed by atoms with Crippen LogP contribution in [0, 0.1) is 13.8 Å². The van der Waals surface area contributed by atoms with E-state index in [4.69, 9.17) is 4.74 Å². The summed E-state index contributed by atoms with van der Waals surface area (Å²) in [6.45, 7) is 4.24. The van der Waals surface area contributed by atoms with Gasteiger partial charge in [0, 0.05) is 12.8 Å². The summed E-state index contributed by atoms with van der Waals surface area (Å²) in [5, 5.41) is 21.8. The van der Waals surface area contributed by atoms with Crippen molar-refractivity contribution in [1.29, 1.82) is 0 Å². The minimum absolute atomic E-state index is 0.254. The van der Waals surface area contributed by atoms with Gasteiger partial charge in [-0.3, -0.25) is 0 Å². The number of aliphatic hydroxyl groups is 1. The summed E-state index contributed by atoms with van der Waals surface area (Å²) in [7, 11) is 1.77. The van der Waals surface area contributed by atoms with Gasteiger partial charge in [0.1, 0.15) is 12.4 Å². The van der Waals surface area contributed by atoms with Gasteiger partial charge in [-0.25, -0.2) is 4.68 Å². The fourth-order valence-electron chi connectivity index (χ4n) is 1.77. The fraction of sp³-hybridized carbons (Fsp3) is 0.462. The smallest absolute Gasteiger partial charge is 0.209 e. The van der Waals surface area contributed by atoms with E-state index in [9.17, 15) is 5.11 Å². The summed E-state index contributed by atoms with van der Waals surface area (Å²) >= 11 is 1.40. The lowest BCUT2D eigenvalue weighted by Crippen LogP contribution is -2.21. The van der Waals surface area contributed by atoms with Gasteiger partial charge in [0.2, 0.25) is 5.16 Å². The first kappa shape index (κ1) is 14.8. The van der Waals surface area contributed by atoms with E-state index in [2.05, 4.69) is 15.5 Å². The number of nitrogens with zero attached hydrogens (tertiary/aromatic N) is 4. The molecule has 7 heteroatoms. The van der Waals surface area contributed by atoms with Crippen LogP contribution in [0.15, 0.2) is 23.4 Å². The van der Waals surface area contributed by atoms with Gasteiger partial charge < -0.3 is 9.84 Å². The molecule has 6 nitrogen and oxygen atoms in total. The molecule has 0 amide bonds. The maximum Gasteiger partial charge on any atom is 0.209 e. The molecule has 0 radical (unpaired) electrons. The van der Waals surface area contributed by atoms with Crippen molar-refractivity contribution in [2.24, 2.45) is 7.05 Å². The number of tetrazole rings is 1. The minimum atomic E-state index is -0.573. The van der Waals surface area contributed by atoms with Crippen LogP contribution in [0.3, 0.4) is 0 Å². The zero-order valence-electron chi connectivity index (χ0n) is 11.8. The topological polar surface area (TPSA) is 73.1 Å². The summed E-state index contributed by atoms with van der Waals surface area (Å²) in [5.74, 6) is 1.33. The molecule has 2 rings (SSSR count). The van der Waals surface area contributed by atoms with Crippen molar-refractivity contribution in [3.05, 3.63) is 29.3 Å². The summed E-state index contributed by atoms with van der Waals surface area (Å²) in [6, 6.07) is 5.98. The van der Waals surface area contributed by atoms with Gasteiger partial charge in [0.25, 0.3) is 0 Å². The molecule has 1 heterocycles. The molecule has 0 fully saturated rings. The Morgan fingerprint density at radius 2 is 2.05 bits per heavy atom. The zero-order valence-corrected chi connectivity index (χ0v) is 12.6. The van der Waals surface area contributed by atoms with E-state index < -0.39 is 6.10 Å².